The van der Waals surface area contributed by atoms with Gasteiger partial charge in [-0.05, 0) is 30.5 Å². The predicted molar refractivity (Wildman–Crippen MR) is 74.2 cm³/mol. The summed E-state index contributed by atoms with van der Waals surface area (Å²) in [4.78, 5) is 0. The molecule has 0 aliphatic carbocycles. The van der Waals surface area contributed by atoms with Crippen molar-refractivity contribution in [3.63, 3.8) is 0 Å². The van der Waals surface area contributed by atoms with Crippen LogP contribution in [0.4, 0.5) is 14.5 Å². The van der Waals surface area contributed by atoms with Crippen molar-refractivity contribution in [1.82, 2.24) is 0 Å². The van der Waals surface area contributed by atoms with Crippen LogP contribution in [-0.2, 0) is 13.0 Å². The van der Waals surface area contributed by atoms with Crippen LogP contribution in [-0.4, -0.2) is 0 Å². The summed E-state index contributed by atoms with van der Waals surface area (Å²) in [6, 6.07) is 10.3. The van der Waals surface area contributed by atoms with E-state index in [1.165, 1.54) is 11.6 Å². The monoisotopic (exact) mass is 261 g/mol. The number of rotatable bonds is 4. The molecule has 0 aliphatic heterocycles. The largest absolute Gasteiger partial charge is 0.380 e. The predicted octanol–water partition coefficient (Wildman–Crippen LogP) is 4.45. The number of para-hydroxylation sites is 1. The molecule has 0 amide bonds. The summed E-state index contributed by atoms with van der Waals surface area (Å²) in [6.45, 7) is 4.35. The van der Waals surface area contributed by atoms with Crippen molar-refractivity contribution in [2.45, 2.75) is 26.8 Å². The zero-order chi connectivity index (χ0) is 13.8. The second-order valence-corrected chi connectivity index (χ2v) is 4.53. The highest BCUT2D eigenvalue weighted by atomic mass is 19.2. The minimum absolute atomic E-state index is 0.279. The smallest absolute Gasteiger partial charge is 0.163 e. The van der Waals surface area contributed by atoms with Crippen molar-refractivity contribution in [3.8, 4) is 0 Å². The highest BCUT2D eigenvalue weighted by molar-refractivity contribution is 5.57. The fourth-order valence-electron chi connectivity index (χ4n) is 2.14. The lowest BCUT2D eigenvalue weighted by Gasteiger charge is -2.14. The van der Waals surface area contributed by atoms with Crippen LogP contribution in [0.25, 0.3) is 0 Å². The van der Waals surface area contributed by atoms with Crippen LogP contribution >= 0.6 is 0 Å². The lowest BCUT2D eigenvalue weighted by atomic mass is 10.1. The number of nitrogens with one attached hydrogen (secondary N) is 1. The van der Waals surface area contributed by atoms with E-state index in [9.17, 15) is 8.78 Å². The van der Waals surface area contributed by atoms with E-state index in [0.29, 0.717) is 5.56 Å². The number of halogens is 2. The van der Waals surface area contributed by atoms with Gasteiger partial charge in [0.25, 0.3) is 0 Å². The molecular weight excluding hydrogens is 244 g/mol. The summed E-state index contributed by atoms with van der Waals surface area (Å²) >= 11 is 0. The zero-order valence-electron chi connectivity index (χ0n) is 11.1. The molecule has 1 nitrogen and oxygen atoms in total. The van der Waals surface area contributed by atoms with E-state index in [0.717, 1.165) is 23.7 Å². The van der Waals surface area contributed by atoms with Gasteiger partial charge in [0, 0.05) is 17.8 Å². The Kier molecular flexibility index (Phi) is 4.15. The maximum absolute atomic E-state index is 13.6. The Balaban J connectivity index is 2.21. The standard InChI is InChI=1S/C16H17F2N/c1-3-12-7-4-6-11(2)16(12)19-10-13-8-5-9-14(17)15(13)18/h4-9,19H,3,10H2,1-2H3. The third-order valence-electron chi connectivity index (χ3n) is 3.23. The first kappa shape index (κ1) is 13.5. The quantitative estimate of drug-likeness (QED) is 0.857. The number of hydrogen-bond donors (Lipinski definition) is 1. The van der Waals surface area contributed by atoms with Gasteiger partial charge in [0.15, 0.2) is 11.6 Å². The highest BCUT2D eigenvalue weighted by Gasteiger charge is 2.09. The topological polar surface area (TPSA) is 12.0 Å². The number of benzene rings is 2. The first-order chi connectivity index (χ1) is 9.13. The minimum atomic E-state index is -0.806. The van der Waals surface area contributed by atoms with Crippen LogP contribution in [0.15, 0.2) is 36.4 Å². The van der Waals surface area contributed by atoms with Gasteiger partial charge in [-0.25, -0.2) is 8.78 Å². The van der Waals surface area contributed by atoms with Crippen molar-refractivity contribution in [2.75, 3.05) is 5.32 Å². The molecule has 0 saturated carbocycles. The molecule has 0 aliphatic rings. The second-order valence-electron chi connectivity index (χ2n) is 4.53. The molecule has 100 valence electrons. The van der Waals surface area contributed by atoms with E-state index in [-0.39, 0.29) is 6.54 Å². The fourth-order valence-corrected chi connectivity index (χ4v) is 2.14. The molecule has 0 saturated heterocycles. The molecular formula is C16H17F2N. The SMILES string of the molecule is CCc1cccc(C)c1NCc1cccc(F)c1F. The summed E-state index contributed by atoms with van der Waals surface area (Å²) in [6.07, 6.45) is 0.898. The zero-order valence-corrected chi connectivity index (χ0v) is 11.1. The van der Waals surface area contributed by atoms with Gasteiger partial charge in [-0.3, -0.25) is 0 Å². The molecule has 0 heterocycles. The van der Waals surface area contributed by atoms with Crippen LogP contribution in [0.1, 0.15) is 23.6 Å². The van der Waals surface area contributed by atoms with Crippen molar-refractivity contribution >= 4 is 5.69 Å². The van der Waals surface area contributed by atoms with E-state index >= 15 is 0 Å². The van der Waals surface area contributed by atoms with Crippen LogP contribution in [0.5, 0.6) is 0 Å². The first-order valence-electron chi connectivity index (χ1n) is 6.38. The minimum Gasteiger partial charge on any atom is -0.380 e. The van der Waals surface area contributed by atoms with Crippen molar-refractivity contribution in [1.29, 1.82) is 0 Å². The highest BCUT2D eigenvalue weighted by Crippen LogP contribution is 2.22. The molecule has 1 N–H and O–H groups in total. The van der Waals surface area contributed by atoms with Gasteiger partial charge in [-0.1, -0.05) is 37.3 Å². The molecule has 2 aromatic carbocycles. The van der Waals surface area contributed by atoms with Crippen molar-refractivity contribution in [3.05, 3.63) is 64.7 Å². The first-order valence-corrected chi connectivity index (χ1v) is 6.38. The summed E-state index contributed by atoms with van der Waals surface area (Å²) in [7, 11) is 0. The summed E-state index contributed by atoms with van der Waals surface area (Å²) < 4.78 is 26.7. The Morgan fingerprint density at radius 1 is 1.00 bits per heavy atom. The summed E-state index contributed by atoms with van der Waals surface area (Å²) in [5, 5.41) is 3.21. The third-order valence-corrected chi connectivity index (χ3v) is 3.23. The van der Waals surface area contributed by atoms with Gasteiger partial charge in [-0.15, -0.1) is 0 Å². The molecule has 0 fully saturated rings. The van der Waals surface area contributed by atoms with Gasteiger partial charge in [0.1, 0.15) is 0 Å². The maximum Gasteiger partial charge on any atom is 0.163 e. The molecule has 0 aromatic heterocycles. The molecule has 0 radical (unpaired) electrons. The van der Waals surface area contributed by atoms with Gasteiger partial charge in [0.2, 0.25) is 0 Å². The molecule has 0 spiro atoms. The molecule has 2 rings (SSSR count). The van der Waals surface area contributed by atoms with E-state index < -0.39 is 11.6 Å². The van der Waals surface area contributed by atoms with Gasteiger partial charge < -0.3 is 5.32 Å². The Labute approximate surface area is 112 Å². The van der Waals surface area contributed by atoms with E-state index in [4.69, 9.17) is 0 Å². The lowest BCUT2D eigenvalue weighted by Crippen LogP contribution is -2.06. The van der Waals surface area contributed by atoms with E-state index in [1.54, 1.807) is 6.07 Å². The van der Waals surface area contributed by atoms with Gasteiger partial charge in [-0.2, -0.15) is 0 Å². The molecule has 3 heteroatoms. The summed E-state index contributed by atoms with van der Waals surface area (Å²) in [5.41, 5.74) is 3.63. The van der Waals surface area contributed by atoms with E-state index in [2.05, 4.69) is 12.2 Å². The fraction of sp³-hybridized carbons (Fsp3) is 0.250. The molecule has 0 bridgehead atoms. The Morgan fingerprint density at radius 3 is 2.42 bits per heavy atom. The van der Waals surface area contributed by atoms with Gasteiger partial charge >= 0.3 is 0 Å². The average Bonchev–Trinajstić information content (AvgIpc) is 2.41. The van der Waals surface area contributed by atoms with Crippen LogP contribution in [0.3, 0.4) is 0 Å². The van der Waals surface area contributed by atoms with Crippen molar-refractivity contribution in [2.24, 2.45) is 0 Å². The van der Waals surface area contributed by atoms with E-state index in [1.807, 2.05) is 25.1 Å². The number of aryl methyl sites for hydroxylation is 2. The van der Waals surface area contributed by atoms with Crippen LogP contribution in [0.2, 0.25) is 0 Å². The Morgan fingerprint density at radius 2 is 1.68 bits per heavy atom. The molecule has 19 heavy (non-hydrogen) atoms. The van der Waals surface area contributed by atoms with Crippen molar-refractivity contribution < 1.29 is 8.78 Å². The third kappa shape index (κ3) is 2.92. The second kappa shape index (κ2) is 5.83. The molecule has 0 atom stereocenters. The average molecular weight is 261 g/mol. The number of anilines is 1. The van der Waals surface area contributed by atoms with Gasteiger partial charge in [0.05, 0.1) is 0 Å². The lowest BCUT2D eigenvalue weighted by molar-refractivity contribution is 0.500. The Bertz CT molecular complexity index is 579. The molecule has 2 aromatic rings. The number of hydrogen-bond acceptors (Lipinski definition) is 1. The van der Waals surface area contributed by atoms with Crippen LogP contribution < -0.4 is 5.32 Å². The summed E-state index contributed by atoms with van der Waals surface area (Å²) in [5.74, 6) is -1.58. The van der Waals surface area contributed by atoms with Crippen LogP contribution in [0, 0.1) is 18.6 Å². The normalized spacial score (nSPS) is 10.5. The Hall–Kier alpha value is -1.90. The molecule has 0 unspecified atom stereocenters. The maximum atomic E-state index is 13.6.